The molecule has 2 aromatic carbocycles. The van der Waals surface area contributed by atoms with Gasteiger partial charge in [0.05, 0.1) is 7.11 Å². The third kappa shape index (κ3) is 4.85. The third-order valence-electron chi connectivity index (χ3n) is 4.02. The summed E-state index contributed by atoms with van der Waals surface area (Å²) in [6.07, 6.45) is 0.329. The van der Waals surface area contributed by atoms with Gasteiger partial charge >= 0.3 is 0 Å². The molecule has 0 saturated heterocycles. The molecule has 0 spiro atoms. The van der Waals surface area contributed by atoms with Crippen molar-refractivity contribution in [1.29, 1.82) is 0 Å². The average molecular weight is 462 g/mol. The Hall–Kier alpha value is -2.52. The van der Waals surface area contributed by atoms with Crippen LogP contribution in [0.4, 0.5) is 5.69 Å². The fourth-order valence-corrected chi connectivity index (χ4v) is 3.74. The van der Waals surface area contributed by atoms with Crippen molar-refractivity contribution < 1.29 is 9.53 Å². The molecule has 0 unspecified atom stereocenters. The topological polar surface area (TPSA) is 95.1 Å². The number of benzene rings is 2. The number of rotatable bonds is 7. The lowest BCUT2D eigenvalue weighted by Gasteiger charge is -2.10. The maximum atomic E-state index is 12.2. The summed E-state index contributed by atoms with van der Waals surface area (Å²) >= 11 is 4.82. The Labute approximate surface area is 175 Å². The number of hydrogen-bond donors (Lipinski definition) is 2. The van der Waals surface area contributed by atoms with Crippen LogP contribution in [0, 0.1) is 6.92 Å². The van der Waals surface area contributed by atoms with Crippen LogP contribution in [-0.4, -0.2) is 33.6 Å². The minimum Gasteiger partial charge on any atom is -0.497 e. The maximum Gasteiger partial charge on any atom is 0.225 e. The number of nitrogens with two attached hydrogens (primary N) is 1. The van der Waals surface area contributed by atoms with Crippen molar-refractivity contribution in [1.82, 2.24) is 14.9 Å². The van der Waals surface area contributed by atoms with E-state index < -0.39 is 0 Å². The van der Waals surface area contributed by atoms with Gasteiger partial charge < -0.3 is 15.9 Å². The number of aryl methyl sites for hydroxylation is 1. The van der Waals surface area contributed by atoms with Gasteiger partial charge in [-0.05, 0) is 42.8 Å². The molecule has 0 aliphatic heterocycles. The first kappa shape index (κ1) is 20.2. The van der Waals surface area contributed by atoms with Crippen LogP contribution in [0.5, 0.6) is 5.75 Å². The molecule has 3 N–H and O–H groups in total. The molecule has 0 fully saturated rings. The van der Waals surface area contributed by atoms with Crippen LogP contribution in [0.25, 0.3) is 11.4 Å². The molecule has 1 aromatic heterocycles. The van der Waals surface area contributed by atoms with Crippen molar-refractivity contribution in [2.45, 2.75) is 18.5 Å². The molecule has 0 aliphatic carbocycles. The zero-order valence-electron chi connectivity index (χ0n) is 15.5. The molecule has 1 heterocycles. The average Bonchev–Trinajstić information content (AvgIpc) is 3.04. The van der Waals surface area contributed by atoms with E-state index in [2.05, 4.69) is 31.4 Å². The van der Waals surface area contributed by atoms with Crippen molar-refractivity contribution in [2.24, 2.45) is 0 Å². The zero-order valence-corrected chi connectivity index (χ0v) is 17.9. The number of anilines is 1. The molecule has 28 heavy (non-hydrogen) atoms. The predicted molar refractivity (Wildman–Crippen MR) is 115 cm³/mol. The van der Waals surface area contributed by atoms with Crippen molar-refractivity contribution in [3.8, 4) is 17.1 Å². The summed E-state index contributed by atoms with van der Waals surface area (Å²) in [5.74, 6) is 7.91. The van der Waals surface area contributed by atoms with Crippen LogP contribution in [0.15, 0.2) is 52.1 Å². The number of carbonyl (C=O) groups excluding carboxylic acids is 1. The van der Waals surface area contributed by atoms with E-state index in [9.17, 15) is 4.79 Å². The van der Waals surface area contributed by atoms with Crippen molar-refractivity contribution in [2.75, 3.05) is 24.0 Å². The van der Waals surface area contributed by atoms with Gasteiger partial charge in [0.25, 0.3) is 0 Å². The molecule has 3 aromatic rings. The van der Waals surface area contributed by atoms with Gasteiger partial charge in [-0.25, -0.2) is 4.68 Å². The monoisotopic (exact) mass is 461 g/mol. The smallest absolute Gasteiger partial charge is 0.225 e. The van der Waals surface area contributed by atoms with Crippen LogP contribution < -0.4 is 15.9 Å². The lowest BCUT2D eigenvalue weighted by Crippen LogP contribution is -2.14. The normalized spacial score (nSPS) is 10.7. The molecule has 0 saturated carbocycles. The number of aromatic nitrogens is 3. The van der Waals surface area contributed by atoms with Gasteiger partial charge in [-0.3, -0.25) is 4.79 Å². The summed E-state index contributed by atoms with van der Waals surface area (Å²) < 4.78 is 7.55. The van der Waals surface area contributed by atoms with E-state index in [1.165, 1.54) is 16.4 Å². The highest BCUT2D eigenvalue weighted by Crippen LogP contribution is 2.25. The van der Waals surface area contributed by atoms with Gasteiger partial charge in [-0.1, -0.05) is 39.8 Å². The number of nitrogens with one attached hydrogen (secondary N) is 1. The summed E-state index contributed by atoms with van der Waals surface area (Å²) in [6, 6.07) is 13.2. The second kappa shape index (κ2) is 9.11. The van der Waals surface area contributed by atoms with Gasteiger partial charge in [0, 0.05) is 27.9 Å². The van der Waals surface area contributed by atoms with Gasteiger partial charge in [0.1, 0.15) is 5.75 Å². The minimum absolute atomic E-state index is 0.0731. The minimum atomic E-state index is -0.0731. The number of methoxy groups -OCH3 is 1. The van der Waals surface area contributed by atoms with Crippen molar-refractivity contribution in [3.63, 3.8) is 0 Å². The Morgan fingerprint density at radius 2 is 2.11 bits per heavy atom. The highest BCUT2D eigenvalue weighted by atomic mass is 79.9. The second-order valence-corrected chi connectivity index (χ2v) is 7.99. The lowest BCUT2D eigenvalue weighted by molar-refractivity contribution is -0.115. The number of ether oxygens (including phenoxy) is 1. The Morgan fingerprint density at radius 3 is 2.82 bits per heavy atom. The SMILES string of the molecule is COc1ccc(NC(=O)CCSc2nnc(-c3cccc(Br)c3)n2N)c(C)c1. The highest BCUT2D eigenvalue weighted by Gasteiger charge is 2.13. The number of halogens is 1. The Morgan fingerprint density at radius 1 is 1.29 bits per heavy atom. The molecule has 146 valence electrons. The van der Waals surface area contributed by atoms with E-state index in [1.807, 2.05) is 49.4 Å². The predicted octanol–water partition coefficient (Wildman–Crippen LogP) is 3.86. The molecule has 0 bridgehead atoms. The summed E-state index contributed by atoms with van der Waals surface area (Å²) in [7, 11) is 1.61. The highest BCUT2D eigenvalue weighted by molar-refractivity contribution is 9.10. The molecule has 7 nitrogen and oxygen atoms in total. The number of amides is 1. The van der Waals surface area contributed by atoms with Crippen LogP contribution in [-0.2, 0) is 4.79 Å². The summed E-state index contributed by atoms with van der Waals surface area (Å²) in [6.45, 7) is 1.92. The van der Waals surface area contributed by atoms with Crippen molar-refractivity contribution >= 4 is 39.3 Å². The van der Waals surface area contributed by atoms with E-state index in [0.29, 0.717) is 23.2 Å². The molecule has 3 rings (SSSR count). The molecular formula is C19H20BrN5O2S. The first-order valence-electron chi connectivity index (χ1n) is 8.51. The number of nitrogen functional groups attached to an aromatic ring is 1. The second-order valence-electron chi connectivity index (χ2n) is 6.01. The van der Waals surface area contributed by atoms with Gasteiger partial charge in [0.15, 0.2) is 5.82 Å². The molecule has 0 radical (unpaired) electrons. The van der Waals surface area contributed by atoms with E-state index in [1.54, 1.807) is 7.11 Å². The first-order chi connectivity index (χ1) is 13.5. The van der Waals surface area contributed by atoms with Crippen LogP contribution in [0.2, 0.25) is 0 Å². The zero-order chi connectivity index (χ0) is 20.1. The number of thioether (sulfide) groups is 1. The Bertz CT molecular complexity index is 992. The van der Waals surface area contributed by atoms with Crippen molar-refractivity contribution in [3.05, 3.63) is 52.5 Å². The number of carbonyl (C=O) groups is 1. The van der Waals surface area contributed by atoms with E-state index in [-0.39, 0.29) is 5.91 Å². The molecule has 1 amide bonds. The summed E-state index contributed by atoms with van der Waals surface area (Å²) in [5.41, 5.74) is 2.58. The number of nitrogens with zero attached hydrogens (tertiary/aromatic N) is 3. The fourth-order valence-electron chi connectivity index (χ4n) is 2.55. The molecule has 0 atom stereocenters. The quantitative estimate of drug-likeness (QED) is 0.409. The van der Waals surface area contributed by atoms with Gasteiger partial charge in [-0.2, -0.15) is 0 Å². The lowest BCUT2D eigenvalue weighted by atomic mass is 10.2. The van der Waals surface area contributed by atoms with Gasteiger partial charge in [0.2, 0.25) is 11.1 Å². The fraction of sp³-hybridized carbons (Fsp3) is 0.211. The summed E-state index contributed by atoms with van der Waals surface area (Å²) in [4.78, 5) is 12.2. The Balaban J connectivity index is 1.56. The van der Waals surface area contributed by atoms with E-state index >= 15 is 0 Å². The van der Waals surface area contributed by atoms with Gasteiger partial charge in [-0.15, -0.1) is 10.2 Å². The van der Waals surface area contributed by atoms with Crippen LogP contribution >= 0.6 is 27.7 Å². The summed E-state index contributed by atoms with van der Waals surface area (Å²) in [5, 5.41) is 11.8. The third-order valence-corrected chi connectivity index (χ3v) is 5.45. The largest absolute Gasteiger partial charge is 0.497 e. The number of hydrogen-bond acceptors (Lipinski definition) is 6. The van der Waals surface area contributed by atoms with E-state index in [4.69, 9.17) is 10.6 Å². The maximum absolute atomic E-state index is 12.2. The first-order valence-corrected chi connectivity index (χ1v) is 10.3. The van der Waals surface area contributed by atoms with Crippen LogP contribution in [0.1, 0.15) is 12.0 Å². The molecular weight excluding hydrogens is 442 g/mol. The molecule has 9 heteroatoms. The standard InChI is InChI=1S/C19H20BrN5O2S/c1-12-10-15(27-2)6-7-16(12)22-17(26)8-9-28-19-24-23-18(25(19)21)13-4-3-5-14(20)11-13/h3-7,10-11H,8-9,21H2,1-2H3,(H,22,26). The van der Waals surface area contributed by atoms with E-state index in [0.717, 1.165) is 27.0 Å². The molecule has 0 aliphatic rings. The van der Waals surface area contributed by atoms with Crippen LogP contribution in [0.3, 0.4) is 0 Å². The Kier molecular flexibility index (Phi) is 6.58.